The van der Waals surface area contributed by atoms with Gasteiger partial charge in [0.15, 0.2) is 17.3 Å². The van der Waals surface area contributed by atoms with E-state index in [4.69, 9.17) is 24.4 Å². The Kier molecular flexibility index (Phi) is 7.27. The molecular weight excluding hydrogens is 494 g/mol. The Hall–Kier alpha value is -3.26. The smallest absolute Gasteiger partial charge is 0.182 e. The van der Waals surface area contributed by atoms with Crippen LogP contribution in [0.25, 0.3) is 0 Å². The number of morpholine rings is 1. The van der Waals surface area contributed by atoms with Gasteiger partial charge in [-0.15, -0.1) is 0 Å². The number of hydrogen-bond acceptors (Lipinski definition) is 7. The van der Waals surface area contributed by atoms with Gasteiger partial charge in [-0.05, 0) is 61.9 Å². The van der Waals surface area contributed by atoms with Gasteiger partial charge >= 0.3 is 0 Å². The van der Waals surface area contributed by atoms with Crippen molar-refractivity contribution in [2.45, 2.75) is 58.4 Å². The number of nitrogens with one attached hydrogen (secondary N) is 1. The molecule has 0 aromatic heterocycles. The molecule has 8 heteroatoms. The lowest BCUT2D eigenvalue weighted by Gasteiger charge is -2.33. The molecule has 0 amide bonds. The third-order valence-corrected chi connectivity index (χ3v) is 8.01. The molecule has 1 saturated carbocycles. The predicted octanol–water partition coefficient (Wildman–Crippen LogP) is 5.14. The van der Waals surface area contributed by atoms with Crippen LogP contribution in [0.4, 0.5) is 5.69 Å². The molecule has 0 bridgehead atoms. The molecule has 210 valence electrons. The van der Waals surface area contributed by atoms with Crippen molar-refractivity contribution in [1.29, 1.82) is 5.41 Å². The summed E-state index contributed by atoms with van der Waals surface area (Å²) in [6, 6.07) is 7.89. The summed E-state index contributed by atoms with van der Waals surface area (Å²) < 4.78 is 23.2. The van der Waals surface area contributed by atoms with Gasteiger partial charge in [0.25, 0.3) is 0 Å². The standard InChI is InChI=1S/C31H41N3O5/c1-7-38-26-17-21-22(18-27(26)39-8-2)31(9-10-31)34(29(21)32)19-25(35)20-15-23(30(3,4)5)28(36-6)24(16-20)33-11-13-37-14-12-33/h15-18,32H,7-14,19H2,1-6H3. The maximum atomic E-state index is 14.0. The van der Waals surface area contributed by atoms with E-state index in [1.807, 2.05) is 43.0 Å². The van der Waals surface area contributed by atoms with E-state index in [1.54, 1.807) is 7.11 Å². The van der Waals surface area contributed by atoms with Crippen molar-refractivity contribution in [2.24, 2.45) is 0 Å². The maximum absolute atomic E-state index is 14.0. The van der Waals surface area contributed by atoms with Crippen molar-refractivity contribution < 1.29 is 23.7 Å². The number of Topliss-reactive ketones (excluding diaryl/α,β-unsaturated/α-hetero) is 1. The van der Waals surface area contributed by atoms with Crippen LogP contribution in [0.3, 0.4) is 0 Å². The molecule has 0 atom stereocenters. The highest BCUT2D eigenvalue weighted by molar-refractivity contribution is 6.07. The van der Waals surface area contributed by atoms with E-state index in [9.17, 15) is 4.79 Å². The van der Waals surface area contributed by atoms with E-state index in [1.165, 1.54) is 0 Å². The average molecular weight is 536 g/mol. The molecule has 2 heterocycles. The highest BCUT2D eigenvalue weighted by Gasteiger charge is 2.57. The summed E-state index contributed by atoms with van der Waals surface area (Å²) in [6.45, 7) is 14.3. The fraction of sp³-hybridized carbons (Fsp3) is 0.548. The number of rotatable bonds is 9. The number of nitrogens with zero attached hydrogens (tertiary/aromatic N) is 2. The van der Waals surface area contributed by atoms with Crippen molar-refractivity contribution in [3.8, 4) is 17.2 Å². The molecule has 2 aliphatic heterocycles. The summed E-state index contributed by atoms with van der Waals surface area (Å²) in [6.07, 6.45) is 1.81. The van der Waals surface area contributed by atoms with E-state index in [-0.39, 0.29) is 23.3 Å². The van der Waals surface area contributed by atoms with Crippen LogP contribution in [0.1, 0.15) is 74.5 Å². The zero-order valence-corrected chi connectivity index (χ0v) is 24.1. The molecule has 2 aromatic carbocycles. The molecule has 8 nitrogen and oxygen atoms in total. The second kappa shape index (κ2) is 10.4. The van der Waals surface area contributed by atoms with Gasteiger partial charge in [0, 0.05) is 29.8 Å². The van der Waals surface area contributed by atoms with Gasteiger partial charge in [0.1, 0.15) is 11.6 Å². The lowest BCUT2D eigenvalue weighted by molar-refractivity contribution is 0.0943. The monoisotopic (exact) mass is 535 g/mol. The minimum absolute atomic E-state index is 0.00319. The number of hydrogen-bond donors (Lipinski definition) is 1. The van der Waals surface area contributed by atoms with Crippen LogP contribution in [-0.4, -0.2) is 69.7 Å². The van der Waals surface area contributed by atoms with E-state index < -0.39 is 0 Å². The Morgan fingerprint density at radius 2 is 1.67 bits per heavy atom. The summed E-state index contributed by atoms with van der Waals surface area (Å²) in [5.74, 6) is 2.53. The summed E-state index contributed by atoms with van der Waals surface area (Å²) in [5, 5.41) is 9.08. The molecule has 0 radical (unpaired) electrons. The second-order valence-corrected chi connectivity index (χ2v) is 11.5. The first-order chi connectivity index (χ1) is 18.6. The maximum Gasteiger partial charge on any atom is 0.182 e. The molecular formula is C31H41N3O5. The number of carbonyl (C=O) groups excluding carboxylic acids is 1. The van der Waals surface area contributed by atoms with Gasteiger partial charge in [0.05, 0.1) is 51.3 Å². The minimum atomic E-state index is -0.328. The van der Waals surface area contributed by atoms with E-state index in [0.29, 0.717) is 49.3 Å². The van der Waals surface area contributed by atoms with Crippen molar-refractivity contribution in [2.75, 3.05) is 58.1 Å². The van der Waals surface area contributed by atoms with Crippen LogP contribution in [0.2, 0.25) is 0 Å². The largest absolute Gasteiger partial charge is 0.494 e. The van der Waals surface area contributed by atoms with Crippen molar-refractivity contribution in [1.82, 2.24) is 4.90 Å². The minimum Gasteiger partial charge on any atom is -0.494 e. The Balaban J connectivity index is 1.50. The van der Waals surface area contributed by atoms with Crippen molar-refractivity contribution in [3.05, 3.63) is 46.5 Å². The summed E-state index contributed by atoms with van der Waals surface area (Å²) in [4.78, 5) is 18.2. The molecule has 5 rings (SSSR count). The molecule has 3 aliphatic rings. The molecule has 1 N–H and O–H groups in total. The zero-order chi connectivity index (χ0) is 27.9. The predicted molar refractivity (Wildman–Crippen MR) is 152 cm³/mol. The number of fused-ring (bicyclic) bond motifs is 2. The van der Waals surface area contributed by atoms with Gasteiger partial charge in [-0.25, -0.2) is 0 Å². The van der Waals surface area contributed by atoms with Crippen molar-refractivity contribution in [3.63, 3.8) is 0 Å². The highest BCUT2D eigenvalue weighted by Crippen LogP contribution is 2.58. The summed E-state index contributed by atoms with van der Waals surface area (Å²) in [5.41, 5.74) is 3.92. The van der Waals surface area contributed by atoms with Crippen molar-refractivity contribution >= 4 is 17.3 Å². The number of methoxy groups -OCH3 is 1. The number of anilines is 1. The van der Waals surface area contributed by atoms with E-state index >= 15 is 0 Å². The summed E-state index contributed by atoms with van der Waals surface area (Å²) in [7, 11) is 1.70. The lowest BCUT2D eigenvalue weighted by Crippen LogP contribution is -2.38. The molecule has 2 fully saturated rings. The molecule has 1 spiro atoms. The van der Waals surface area contributed by atoms with Crippen LogP contribution in [-0.2, 0) is 15.7 Å². The SMILES string of the molecule is CCOc1cc2c(cc1OCC)C1(CC1)N(CC(=O)c1cc(N3CCOCC3)c(OC)c(C(C)(C)C)c1)C2=N. The van der Waals surface area contributed by atoms with E-state index in [2.05, 4.69) is 25.7 Å². The van der Waals surface area contributed by atoms with Gasteiger partial charge in [0.2, 0.25) is 0 Å². The topological polar surface area (TPSA) is 84.3 Å². The third kappa shape index (κ3) is 4.84. The zero-order valence-electron chi connectivity index (χ0n) is 24.1. The van der Waals surface area contributed by atoms with Crippen LogP contribution in [0.15, 0.2) is 24.3 Å². The number of benzene rings is 2. The van der Waals surface area contributed by atoms with Gasteiger partial charge in [-0.3, -0.25) is 10.2 Å². The van der Waals surface area contributed by atoms with Crippen LogP contribution < -0.4 is 19.1 Å². The average Bonchev–Trinajstić information content (AvgIpc) is 3.69. The normalized spacial score (nSPS) is 17.8. The molecule has 39 heavy (non-hydrogen) atoms. The van der Waals surface area contributed by atoms with Gasteiger partial charge in [-0.1, -0.05) is 20.8 Å². The van der Waals surface area contributed by atoms with E-state index in [0.717, 1.165) is 54.1 Å². The Labute approximate surface area is 231 Å². The molecule has 2 aromatic rings. The molecule has 1 aliphatic carbocycles. The Bertz CT molecular complexity index is 1270. The number of carbonyl (C=O) groups is 1. The Morgan fingerprint density at radius 1 is 1.03 bits per heavy atom. The lowest BCUT2D eigenvalue weighted by atomic mass is 9.84. The van der Waals surface area contributed by atoms with Crippen LogP contribution in [0.5, 0.6) is 17.2 Å². The van der Waals surface area contributed by atoms with Crippen LogP contribution in [0, 0.1) is 5.41 Å². The van der Waals surface area contributed by atoms with Gasteiger partial charge < -0.3 is 28.7 Å². The first-order valence-corrected chi connectivity index (χ1v) is 14.0. The summed E-state index contributed by atoms with van der Waals surface area (Å²) >= 11 is 0. The molecule has 1 saturated heterocycles. The fourth-order valence-corrected chi connectivity index (χ4v) is 5.89. The second-order valence-electron chi connectivity index (χ2n) is 11.5. The quantitative estimate of drug-likeness (QED) is 0.445. The number of ether oxygens (including phenoxy) is 4. The molecule has 0 unspecified atom stereocenters. The third-order valence-electron chi connectivity index (χ3n) is 8.01. The number of amidine groups is 1. The van der Waals surface area contributed by atoms with Crippen LogP contribution >= 0.6 is 0 Å². The number of ketones is 1. The highest BCUT2D eigenvalue weighted by atomic mass is 16.5. The first-order valence-electron chi connectivity index (χ1n) is 14.0. The van der Waals surface area contributed by atoms with Gasteiger partial charge in [-0.2, -0.15) is 0 Å². The first kappa shape index (κ1) is 27.3. The fourth-order valence-electron chi connectivity index (χ4n) is 5.89. The Morgan fingerprint density at radius 3 is 2.23 bits per heavy atom.